The van der Waals surface area contributed by atoms with Crippen molar-refractivity contribution in [3.05, 3.63) is 48.3 Å². The first-order chi connectivity index (χ1) is 13.9. The van der Waals surface area contributed by atoms with Crippen LogP contribution in [0.25, 0.3) is 0 Å². The van der Waals surface area contributed by atoms with Gasteiger partial charge in [0.2, 0.25) is 11.8 Å². The Morgan fingerprint density at radius 2 is 2.17 bits per heavy atom. The summed E-state index contributed by atoms with van der Waals surface area (Å²) in [4.78, 5) is 32.5. The lowest BCUT2D eigenvalue weighted by atomic mass is 10.2. The number of nitrogens with zero attached hydrogens (tertiary/aromatic N) is 5. The molecule has 0 bridgehead atoms. The van der Waals surface area contributed by atoms with Crippen LogP contribution in [-0.4, -0.2) is 68.7 Å². The highest BCUT2D eigenvalue weighted by Gasteiger charge is 2.31. The number of ether oxygens (including phenoxy) is 1. The van der Waals surface area contributed by atoms with Gasteiger partial charge >= 0.3 is 0 Å². The number of halogens is 1. The first-order valence-electron chi connectivity index (χ1n) is 9.64. The number of carbonyl (C=O) groups excluding carboxylic acids is 2. The summed E-state index contributed by atoms with van der Waals surface area (Å²) >= 11 is 0. The predicted molar refractivity (Wildman–Crippen MR) is 103 cm³/mol. The fourth-order valence-corrected chi connectivity index (χ4v) is 3.29. The Kier molecular flexibility index (Phi) is 6.92. The van der Waals surface area contributed by atoms with E-state index in [1.54, 1.807) is 17.0 Å². The van der Waals surface area contributed by atoms with Crippen LogP contribution in [0.1, 0.15) is 19.4 Å². The zero-order valence-electron chi connectivity index (χ0n) is 16.7. The average Bonchev–Trinajstić information content (AvgIpc) is 3.11. The van der Waals surface area contributed by atoms with Crippen molar-refractivity contribution >= 4 is 11.8 Å². The molecular weight excluding hydrogens is 377 g/mol. The Hall–Kier alpha value is -2.81. The second-order valence-electron chi connectivity index (χ2n) is 7.62. The van der Waals surface area contributed by atoms with E-state index < -0.39 is 0 Å². The van der Waals surface area contributed by atoms with Crippen molar-refractivity contribution in [3.8, 4) is 0 Å². The van der Waals surface area contributed by atoms with E-state index in [1.165, 1.54) is 34.4 Å². The maximum absolute atomic E-state index is 13.4. The third-order valence-electron chi connectivity index (χ3n) is 4.60. The van der Waals surface area contributed by atoms with Gasteiger partial charge in [-0.05, 0) is 23.6 Å². The minimum atomic E-state index is -0.372. The summed E-state index contributed by atoms with van der Waals surface area (Å²) in [6.07, 6.45) is 2.44. The minimum absolute atomic E-state index is 0.0000750. The molecule has 1 atom stereocenters. The third kappa shape index (κ3) is 6.08. The molecule has 0 spiro atoms. The normalized spacial score (nSPS) is 17.7. The van der Waals surface area contributed by atoms with E-state index in [0.717, 1.165) is 0 Å². The van der Waals surface area contributed by atoms with Crippen LogP contribution in [-0.2, 0) is 27.5 Å². The Labute approximate surface area is 169 Å². The Morgan fingerprint density at radius 1 is 1.34 bits per heavy atom. The molecule has 3 rings (SSSR count). The lowest BCUT2D eigenvalue weighted by Crippen LogP contribution is -2.41. The summed E-state index contributed by atoms with van der Waals surface area (Å²) < 4.78 is 20.8. The molecule has 2 heterocycles. The third-order valence-corrected chi connectivity index (χ3v) is 4.60. The summed E-state index contributed by atoms with van der Waals surface area (Å²) in [5.41, 5.74) is 0.705. The highest BCUT2D eigenvalue weighted by atomic mass is 19.1. The Morgan fingerprint density at radius 3 is 2.86 bits per heavy atom. The number of amides is 2. The van der Waals surface area contributed by atoms with E-state index in [9.17, 15) is 14.0 Å². The smallest absolute Gasteiger partial charge is 0.244 e. The lowest BCUT2D eigenvalue weighted by Gasteiger charge is -2.26. The monoisotopic (exact) mass is 403 g/mol. The second-order valence-corrected chi connectivity index (χ2v) is 7.62. The van der Waals surface area contributed by atoms with Gasteiger partial charge in [0.25, 0.3) is 0 Å². The van der Waals surface area contributed by atoms with Gasteiger partial charge in [0.05, 0.1) is 19.3 Å². The molecule has 8 nitrogen and oxygen atoms in total. The average molecular weight is 403 g/mol. The molecule has 0 unspecified atom stereocenters. The van der Waals surface area contributed by atoms with Gasteiger partial charge in [-0.3, -0.25) is 9.59 Å². The number of aromatic nitrogens is 3. The molecule has 1 aromatic heterocycles. The van der Waals surface area contributed by atoms with E-state index in [4.69, 9.17) is 4.74 Å². The van der Waals surface area contributed by atoms with Gasteiger partial charge in [-0.1, -0.05) is 26.0 Å². The van der Waals surface area contributed by atoms with Crippen molar-refractivity contribution in [2.24, 2.45) is 5.92 Å². The number of hydrogen-bond acceptors (Lipinski definition) is 5. The zero-order chi connectivity index (χ0) is 20.8. The number of carbonyl (C=O) groups is 2. The molecule has 0 saturated carbocycles. The lowest BCUT2D eigenvalue weighted by molar-refractivity contribution is -0.139. The van der Waals surface area contributed by atoms with Crippen LogP contribution in [0.2, 0.25) is 0 Å². The molecule has 1 aromatic carbocycles. The van der Waals surface area contributed by atoms with Gasteiger partial charge in [0.15, 0.2) is 0 Å². The van der Waals surface area contributed by atoms with Gasteiger partial charge in [-0.2, -0.15) is 5.10 Å². The molecule has 0 aliphatic carbocycles. The van der Waals surface area contributed by atoms with E-state index in [2.05, 4.69) is 10.1 Å². The topological polar surface area (TPSA) is 80.6 Å². The fraction of sp³-hybridized carbons (Fsp3) is 0.500. The quantitative estimate of drug-likeness (QED) is 0.697. The van der Waals surface area contributed by atoms with Crippen molar-refractivity contribution in [3.63, 3.8) is 0 Å². The highest BCUT2D eigenvalue weighted by Crippen LogP contribution is 2.14. The summed E-state index contributed by atoms with van der Waals surface area (Å²) in [6.45, 7) is 5.54. The first kappa shape index (κ1) is 20.9. The zero-order valence-corrected chi connectivity index (χ0v) is 16.7. The van der Waals surface area contributed by atoms with E-state index >= 15 is 0 Å². The minimum Gasteiger partial charge on any atom is -0.370 e. The van der Waals surface area contributed by atoms with E-state index in [1.807, 2.05) is 13.8 Å². The van der Waals surface area contributed by atoms with Crippen LogP contribution in [0.4, 0.5) is 4.39 Å². The molecule has 2 amide bonds. The number of hydrogen-bond donors (Lipinski definition) is 0. The molecule has 0 radical (unpaired) electrons. The molecule has 156 valence electrons. The largest absolute Gasteiger partial charge is 0.370 e. The summed E-state index contributed by atoms with van der Waals surface area (Å²) in [5.74, 6) is -0.370. The fourth-order valence-electron chi connectivity index (χ4n) is 3.29. The Bertz CT molecular complexity index is 827. The van der Waals surface area contributed by atoms with Gasteiger partial charge < -0.3 is 14.5 Å². The van der Waals surface area contributed by atoms with E-state index in [0.29, 0.717) is 24.6 Å². The number of benzene rings is 1. The molecule has 2 aromatic rings. The molecular formula is C20H26FN5O3. The molecule has 0 N–H and O–H groups in total. The van der Waals surface area contributed by atoms with Crippen molar-refractivity contribution in [1.29, 1.82) is 0 Å². The molecule has 1 saturated heterocycles. The number of rotatable bonds is 7. The van der Waals surface area contributed by atoms with Crippen molar-refractivity contribution in [2.75, 3.05) is 26.2 Å². The van der Waals surface area contributed by atoms with Crippen molar-refractivity contribution < 1.29 is 18.7 Å². The van der Waals surface area contributed by atoms with Crippen LogP contribution in [0.5, 0.6) is 0 Å². The maximum atomic E-state index is 13.4. The van der Waals surface area contributed by atoms with Crippen molar-refractivity contribution in [1.82, 2.24) is 24.6 Å². The summed E-state index contributed by atoms with van der Waals surface area (Å²) in [5, 5.41) is 3.95. The van der Waals surface area contributed by atoms with Gasteiger partial charge in [-0.15, -0.1) is 0 Å². The summed E-state index contributed by atoms with van der Waals surface area (Å²) in [6, 6.07) is 6.21. The van der Waals surface area contributed by atoms with Crippen molar-refractivity contribution in [2.45, 2.75) is 33.1 Å². The highest BCUT2D eigenvalue weighted by molar-refractivity contribution is 5.85. The van der Waals surface area contributed by atoms with Gasteiger partial charge in [-0.25, -0.2) is 14.1 Å². The predicted octanol–water partition coefficient (Wildman–Crippen LogP) is 1.33. The molecule has 1 aliphatic rings. The molecule has 1 fully saturated rings. The SMILES string of the molecule is CC(C)CN1C[C@@H](OCc2cccc(F)c2)CN(C(=O)Cn2cncn2)CC1=O. The van der Waals surface area contributed by atoms with Gasteiger partial charge in [0.1, 0.15) is 25.0 Å². The van der Waals surface area contributed by atoms with E-state index in [-0.39, 0.29) is 50.0 Å². The molecule has 1 aliphatic heterocycles. The Balaban J connectivity index is 1.70. The standard InChI is InChI=1S/C20H26FN5O3/c1-15(2)7-24-8-18(29-12-16-4-3-5-17(21)6-16)9-25(10-19(24)27)20(28)11-26-14-22-13-23-26/h3-6,13-15,18H,7-12H2,1-2H3/t18-/m1/s1. The molecule has 29 heavy (non-hydrogen) atoms. The summed E-state index contributed by atoms with van der Waals surface area (Å²) in [7, 11) is 0. The van der Waals surface area contributed by atoms with Crippen LogP contribution in [0.15, 0.2) is 36.9 Å². The van der Waals surface area contributed by atoms with Crippen LogP contribution < -0.4 is 0 Å². The molecule has 9 heteroatoms. The first-order valence-corrected chi connectivity index (χ1v) is 9.64. The van der Waals surface area contributed by atoms with Gasteiger partial charge in [0, 0.05) is 19.6 Å². The maximum Gasteiger partial charge on any atom is 0.244 e. The van der Waals surface area contributed by atoms with Crippen LogP contribution in [0, 0.1) is 11.7 Å². The van der Waals surface area contributed by atoms with Crippen LogP contribution >= 0.6 is 0 Å². The van der Waals surface area contributed by atoms with Crippen LogP contribution in [0.3, 0.4) is 0 Å². The second kappa shape index (κ2) is 9.60.